The number of para-hydroxylation sites is 1. The van der Waals surface area contributed by atoms with Crippen LogP contribution >= 0.6 is 11.3 Å². The first-order chi connectivity index (χ1) is 9.85. The fourth-order valence-corrected chi connectivity index (χ4v) is 3.67. The van der Waals surface area contributed by atoms with Gasteiger partial charge in [-0.05, 0) is 24.3 Å². The Balaban J connectivity index is 0.00000161. The van der Waals surface area contributed by atoms with Crippen LogP contribution < -0.4 is 21.5 Å². The topological polar surface area (TPSA) is 24.1 Å². The summed E-state index contributed by atoms with van der Waals surface area (Å²) in [6, 6.07) is 16.5. The molecule has 108 valence electrons. The van der Waals surface area contributed by atoms with Crippen molar-refractivity contribution in [3.8, 4) is 10.6 Å². The number of halogens is 1. The van der Waals surface area contributed by atoms with Crippen LogP contribution in [-0.2, 0) is 6.54 Å². The minimum Gasteiger partial charge on any atom is -1.00 e. The Morgan fingerprint density at radius 3 is 2.52 bits per heavy atom. The number of aliphatic hydroxyl groups is 1. The number of nitrogens with zero attached hydrogens (tertiary/aromatic N) is 1. The van der Waals surface area contributed by atoms with Gasteiger partial charge in [-0.2, -0.15) is 4.57 Å². The molecule has 0 unspecified atom stereocenters. The molecule has 4 heteroatoms. The van der Waals surface area contributed by atoms with Gasteiger partial charge < -0.3 is 22.1 Å². The van der Waals surface area contributed by atoms with Crippen molar-refractivity contribution < 1.29 is 26.7 Å². The second kappa shape index (κ2) is 6.98. The van der Waals surface area contributed by atoms with Crippen molar-refractivity contribution in [2.45, 2.75) is 6.54 Å². The molecule has 3 rings (SSSR count). The normalized spacial score (nSPS) is 10.3. The predicted octanol–water partition coefficient (Wildman–Crippen LogP) is 0.495. The molecule has 0 radical (unpaired) electrons. The van der Waals surface area contributed by atoms with Crippen molar-refractivity contribution in [2.75, 3.05) is 6.61 Å². The lowest BCUT2D eigenvalue weighted by Crippen LogP contribution is -3.00. The van der Waals surface area contributed by atoms with Gasteiger partial charge in [-0.25, -0.2) is 0 Å². The number of aromatic nitrogens is 1. The summed E-state index contributed by atoms with van der Waals surface area (Å²) in [7, 11) is 0. The Labute approximate surface area is 138 Å². The van der Waals surface area contributed by atoms with Gasteiger partial charge in [0.2, 0.25) is 5.52 Å². The van der Waals surface area contributed by atoms with E-state index in [9.17, 15) is 5.11 Å². The van der Waals surface area contributed by atoms with E-state index < -0.39 is 0 Å². The molecule has 0 aliphatic heterocycles. The highest BCUT2D eigenvalue weighted by molar-refractivity contribution is 7.21. The number of thiazole rings is 1. The van der Waals surface area contributed by atoms with Gasteiger partial charge in [-0.1, -0.05) is 48.3 Å². The molecule has 2 aromatic carbocycles. The molecule has 1 heterocycles. The summed E-state index contributed by atoms with van der Waals surface area (Å²) < 4.78 is 3.40. The molecular weight excluding hydrogens is 346 g/mol. The van der Waals surface area contributed by atoms with Crippen molar-refractivity contribution in [3.05, 3.63) is 60.7 Å². The summed E-state index contributed by atoms with van der Waals surface area (Å²) in [5.74, 6) is 0. The molecule has 0 aliphatic rings. The van der Waals surface area contributed by atoms with Crippen LogP contribution in [0.3, 0.4) is 0 Å². The van der Waals surface area contributed by atoms with Crippen LogP contribution in [0.5, 0.6) is 0 Å². The fraction of sp³-hybridized carbons (Fsp3) is 0.118. The smallest absolute Gasteiger partial charge is 0.270 e. The second-order valence-electron chi connectivity index (χ2n) is 4.55. The first-order valence-electron chi connectivity index (χ1n) is 6.59. The number of fused-ring (bicyclic) bond motifs is 1. The van der Waals surface area contributed by atoms with E-state index in [0.29, 0.717) is 6.54 Å². The van der Waals surface area contributed by atoms with E-state index in [0.717, 1.165) is 11.1 Å². The molecule has 0 saturated carbocycles. The van der Waals surface area contributed by atoms with Crippen LogP contribution in [0, 0.1) is 0 Å². The van der Waals surface area contributed by atoms with Crippen LogP contribution in [0.15, 0.2) is 55.1 Å². The highest BCUT2D eigenvalue weighted by Crippen LogP contribution is 2.30. The third-order valence-electron chi connectivity index (χ3n) is 3.32. The summed E-state index contributed by atoms with van der Waals surface area (Å²) >= 11 is 1.75. The lowest BCUT2D eigenvalue weighted by atomic mass is 10.2. The zero-order chi connectivity index (χ0) is 13.9. The first-order valence-corrected chi connectivity index (χ1v) is 7.41. The SMILES string of the molecule is C=Cc1cccc2sc(-c3ccccc3)[n+](CCO)c12.[Br-]. The maximum absolute atomic E-state index is 9.39. The largest absolute Gasteiger partial charge is 1.00 e. The second-order valence-corrected chi connectivity index (χ2v) is 5.58. The van der Waals surface area contributed by atoms with Crippen LogP contribution in [0.4, 0.5) is 0 Å². The molecule has 2 nitrogen and oxygen atoms in total. The average molecular weight is 362 g/mol. The Morgan fingerprint density at radius 1 is 1.10 bits per heavy atom. The maximum atomic E-state index is 9.39. The molecule has 0 spiro atoms. The van der Waals surface area contributed by atoms with Crippen molar-refractivity contribution in [1.29, 1.82) is 0 Å². The van der Waals surface area contributed by atoms with Gasteiger partial charge in [0, 0.05) is 5.56 Å². The highest BCUT2D eigenvalue weighted by atomic mass is 79.9. The van der Waals surface area contributed by atoms with Crippen molar-refractivity contribution >= 4 is 27.6 Å². The van der Waals surface area contributed by atoms with Gasteiger partial charge in [-0.3, -0.25) is 0 Å². The third kappa shape index (κ3) is 2.93. The van der Waals surface area contributed by atoms with Gasteiger partial charge in [0.25, 0.3) is 5.01 Å². The summed E-state index contributed by atoms with van der Waals surface area (Å²) in [6.45, 7) is 4.61. The van der Waals surface area contributed by atoms with E-state index >= 15 is 0 Å². The van der Waals surface area contributed by atoms with Gasteiger partial charge in [0.1, 0.15) is 11.3 Å². The Bertz CT molecular complexity index is 752. The fourth-order valence-electron chi connectivity index (χ4n) is 2.44. The Kier molecular flexibility index (Phi) is 5.28. The molecule has 0 fully saturated rings. The summed E-state index contributed by atoms with van der Waals surface area (Å²) in [4.78, 5) is 0. The van der Waals surface area contributed by atoms with E-state index in [1.54, 1.807) is 11.3 Å². The molecule has 0 saturated heterocycles. The standard InChI is InChI=1S/C17H16NOS.BrH/c1-2-13-9-6-10-15-16(13)18(11-12-19)17(20-15)14-7-4-3-5-8-14;/h2-10,19H,1,11-12H2;1H/q+1;/p-1. The van der Waals surface area contributed by atoms with E-state index in [1.807, 2.05) is 30.3 Å². The molecule has 1 aromatic heterocycles. The van der Waals surface area contributed by atoms with Gasteiger partial charge in [-0.15, -0.1) is 0 Å². The third-order valence-corrected chi connectivity index (χ3v) is 4.51. The number of benzene rings is 2. The maximum Gasteiger partial charge on any atom is 0.270 e. The predicted molar refractivity (Wildman–Crippen MR) is 84.6 cm³/mol. The minimum atomic E-state index is 0. The Hall–Kier alpha value is -1.49. The zero-order valence-corrected chi connectivity index (χ0v) is 13.9. The molecular formula is C17H16BrNOS. The van der Waals surface area contributed by atoms with Gasteiger partial charge >= 0.3 is 0 Å². The minimum absolute atomic E-state index is 0. The number of rotatable bonds is 4. The average Bonchev–Trinajstić information content (AvgIpc) is 2.87. The van der Waals surface area contributed by atoms with E-state index in [-0.39, 0.29) is 23.6 Å². The number of hydrogen-bond donors (Lipinski definition) is 1. The van der Waals surface area contributed by atoms with Gasteiger partial charge in [0.05, 0.1) is 5.56 Å². The summed E-state index contributed by atoms with van der Waals surface area (Å²) in [5.41, 5.74) is 3.44. The van der Waals surface area contributed by atoms with Crippen LogP contribution in [0.1, 0.15) is 5.56 Å². The van der Waals surface area contributed by atoms with Crippen LogP contribution in [0.25, 0.3) is 26.9 Å². The molecule has 0 amide bonds. The molecule has 0 atom stereocenters. The Morgan fingerprint density at radius 2 is 1.86 bits per heavy atom. The first kappa shape index (κ1) is 15.9. The monoisotopic (exact) mass is 361 g/mol. The van der Waals surface area contributed by atoms with Crippen molar-refractivity contribution in [1.82, 2.24) is 0 Å². The zero-order valence-electron chi connectivity index (χ0n) is 11.5. The summed E-state index contributed by atoms with van der Waals surface area (Å²) in [6.07, 6.45) is 1.87. The van der Waals surface area contributed by atoms with Crippen LogP contribution in [-0.4, -0.2) is 11.7 Å². The lowest BCUT2D eigenvalue weighted by Gasteiger charge is -1.99. The van der Waals surface area contributed by atoms with Crippen molar-refractivity contribution in [3.63, 3.8) is 0 Å². The van der Waals surface area contributed by atoms with E-state index in [1.165, 1.54) is 15.3 Å². The number of aliphatic hydroxyl groups excluding tert-OH is 1. The van der Waals surface area contributed by atoms with Crippen LogP contribution in [0.2, 0.25) is 0 Å². The van der Waals surface area contributed by atoms with Gasteiger partial charge in [0.15, 0.2) is 6.54 Å². The molecule has 1 N–H and O–H groups in total. The lowest BCUT2D eigenvalue weighted by molar-refractivity contribution is -0.658. The number of hydrogen-bond acceptors (Lipinski definition) is 2. The molecule has 21 heavy (non-hydrogen) atoms. The molecule has 0 bridgehead atoms. The van der Waals surface area contributed by atoms with E-state index in [4.69, 9.17) is 0 Å². The summed E-state index contributed by atoms with van der Waals surface area (Å²) in [5, 5.41) is 10.6. The molecule has 3 aromatic rings. The highest BCUT2D eigenvalue weighted by Gasteiger charge is 2.23. The quantitative estimate of drug-likeness (QED) is 0.672. The molecule has 0 aliphatic carbocycles. The van der Waals surface area contributed by atoms with E-state index in [2.05, 4.69) is 35.4 Å². The van der Waals surface area contributed by atoms with Crippen molar-refractivity contribution in [2.24, 2.45) is 0 Å².